The van der Waals surface area contributed by atoms with Crippen molar-refractivity contribution in [2.24, 2.45) is 5.92 Å². The van der Waals surface area contributed by atoms with Crippen LogP contribution >= 0.6 is 0 Å². The molecule has 0 bridgehead atoms. The molecule has 7 heteroatoms. The van der Waals surface area contributed by atoms with E-state index in [1.54, 1.807) is 31.2 Å². The van der Waals surface area contributed by atoms with Crippen LogP contribution in [0.15, 0.2) is 42.5 Å². The molecule has 0 saturated carbocycles. The predicted molar refractivity (Wildman–Crippen MR) is 114 cm³/mol. The van der Waals surface area contributed by atoms with E-state index in [9.17, 15) is 14.4 Å². The van der Waals surface area contributed by atoms with Crippen molar-refractivity contribution in [3.8, 4) is 5.75 Å². The summed E-state index contributed by atoms with van der Waals surface area (Å²) < 4.78 is 15.3. The minimum atomic E-state index is -1.04. The van der Waals surface area contributed by atoms with Crippen LogP contribution in [0.25, 0.3) is 0 Å². The van der Waals surface area contributed by atoms with Crippen LogP contribution in [-0.2, 0) is 36.7 Å². The van der Waals surface area contributed by atoms with Crippen LogP contribution in [0, 0.1) is 5.92 Å². The number of hydrogen-bond donors (Lipinski definition) is 1. The summed E-state index contributed by atoms with van der Waals surface area (Å²) in [7, 11) is 1.23. The third kappa shape index (κ3) is 5.42. The van der Waals surface area contributed by atoms with Gasteiger partial charge in [-0.2, -0.15) is 0 Å². The topological polar surface area (TPSA) is 105 Å². The molecule has 0 saturated heterocycles. The zero-order valence-electron chi connectivity index (χ0n) is 17.8. The zero-order chi connectivity index (χ0) is 22.4. The van der Waals surface area contributed by atoms with Crippen molar-refractivity contribution in [2.45, 2.75) is 38.5 Å². The summed E-state index contributed by atoms with van der Waals surface area (Å²) >= 11 is 0. The van der Waals surface area contributed by atoms with E-state index in [0.29, 0.717) is 17.9 Å². The first-order chi connectivity index (χ1) is 14.9. The molecule has 2 unspecified atom stereocenters. The van der Waals surface area contributed by atoms with Gasteiger partial charge in [0.25, 0.3) is 0 Å². The summed E-state index contributed by atoms with van der Waals surface area (Å²) in [6, 6.07) is 12.4. The maximum Gasteiger partial charge on any atom is 0.320 e. The molecule has 0 spiro atoms. The number of rotatable bonds is 7. The molecule has 0 aliphatic heterocycles. The smallest absolute Gasteiger partial charge is 0.320 e. The maximum absolute atomic E-state index is 12.8. The first-order valence-electron chi connectivity index (χ1n) is 10.4. The number of carbonyl (C=O) groups is 3. The fraction of sp³-hybridized carbons (Fsp3) is 0.375. The Kier molecular flexibility index (Phi) is 7.28. The summed E-state index contributed by atoms with van der Waals surface area (Å²) in [5.41, 5.74) is 9.32. The van der Waals surface area contributed by atoms with Gasteiger partial charge in [-0.3, -0.25) is 14.4 Å². The zero-order valence-corrected chi connectivity index (χ0v) is 17.8. The Morgan fingerprint density at radius 2 is 1.84 bits per heavy atom. The summed E-state index contributed by atoms with van der Waals surface area (Å²) in [4.78, 5) is 36.8. The van der Waals surface area contributed by atoms with E-state index in [0.717, 1.165) is 29.5 Å². The number of anilines is 1. The van der Waals surface area contributed by atoms with Gasteiger partial charge in [-0.15, -0.1) is 0 Å². The van der Waals surface area contributed by atoms with Crippen molar-refractivity contribution >= 4 is 23.6 Å². The number of benzene rings is 2. The first-order valence-corrected chi connectivity index (χ1v) is 10.4. The maximum atomic E-state index is 12.8. The van der Waals surface area contributed by atoms with Crippen molar-refractivity contribution in [1.29, 1.82) is 0 Å². The van der Waals surface area contributed by atoms with E-state index >= 15 is 0 Å². The van der Waals surface area contributed by atoms with E-state index in [1.165, 1.54) is 7.11 Å². The highest BCUT2D eigenvalue weighted by atomic mass is 16.5. The number of nitrogens with two attached hydrogens (primary N) is 1. The third-order valence-corrected chi connectivity index (χ3v) is 5.41. The van der Waals surface area contributed by atoms with Crippen molar-refractivity contribution in [3.63, 3.8) is 0 Å². The van der Waals surface area contributed by atoms with E-state index in [2.05, 4.69) is 0 Å². The Labute approximate surface area is 181 Å². The van der Waals surface area contributed by atoms with Crippen molar-refractivity contribution in [2.75, 3.05) is 19.5 Å². The number of methoxy groups -OCH3 is 1. The molecule has 2 atom stereocenters. The number of aryl methyl sites for hydroxylation is 1. The lowest BCUT2D eigenvalue weighted by molar-refractivity contribution is -0.160. The Bertz CT molecular complexity index is 953. The first kappa shape index (κ1) is 22.3. The van der Waals surface area contributed by atoms with Crippen molar-refractivity contribution in [1.82, 2.24) is 0 Å². The quantitative estimate of drug-likeness (QED) is 0.314. The average Bonchev–Trinajstić information content (AvgIpc) is 2.77. The van der Waals surface area contributed by atoms with E-state index in [4.69, 9.17) is 19.9 Å². The van der Waals surface area contributed by atoms with E-state index in [-0.39, 0.29) is 24.9 Å². The summed E-state index contributed by atoms with van der Waals surface area (Å²) in [6.07, 6.45) is 2.69. The van der Waals surface area contributed by atoms with Crippen LogP contribution in [0.3, 0.4) is 0 Å². The standard InChI is InChI=1S/C24H27NO6/c1-3-30-23(27)21(22(26)29-2)13-15-7-11-18(12-8-15)31-24(28)19-6-4-5-16-9-10-17(25)14-20(16)19/h7-12,14,19,21H,3-6,13,25H2,1-2H3. The van der Waals surface area contributed by atoms with E-state index < -0.39 is 17.9 Å². The summed E-state index contributed by atoms with van der Waals surface area (Å²) in [6.45, 7) is 1.85. The Morgan fingerprint density at radius 1 is 1.10 bits per heavy atom. The summed E-state index contributed by atoms with van der Waals surface area (Å²) in [5, 5.41) is 0. The fourth-order valence-electron chi connectivity index (χ4n) is 3.83. The molecule has 1 aliphatic rings. The molecule has 1 aliphatic carbocycles. The Morgan fingerprint density at radius 3 is 2.52 bits per heavy atom. The van der Waals surface area contributed by atoms with Gasteiger partial charge >= 0.3 is 17.9 Å². The van der Waals surface area contributed by atoms with Gasteiger partial charge in [0.05, 0.1) is 19.6 Å². The number of ether oxygens (including phenoxy) is 3. The van der Waals surface area contributed by atoms with Gasteiger partial charge in [0.2, 0.25) is 0 Å². The van der Waals surface area contributed by atoms with Gasteiger partial charge < -0.3 is 19.9 Å². The SMILES string of the molecule is CCOC(=O)C(Cc1ccc(OC(=O)C2CCCc3ccc(N)cc32)cc1)C(=O)OC. The molecule has 0 fully saturated rings. The number of nitrogen functional groups attached to an aromatic ring is 1. The van der Waals surface area contributed by atoms with Gasteiger partial charge in [0.1, 0.15) is 5.75 Å². The molecule has 164 valence electrons. The van der Waals surface area contributed by atoms with Crippen LogP contribution in [0.1, 0.15) is 42.4 Å². The van der Waals surface area contributed by atoms with Gasteiger partial charge in [-0.25, -0.2) is 0 Å². The monoisotopic (exact) mass is 425 g/mol. The molecule has 7 nitrogen and oxygen atoms in total. The fourth-order valence-corrected chi connectivity index (χ4v) is 3.83. The molecule has 2 N–H and O–H groups in total. The van der Waals surface area contributed by atoms with Gasteiger partial charge in [-0.1, -0.05) is 18.2 Å². The van der Waals surface area contributed by atoms with Crippen LogP contribution in [0.4, 0.5) is 5.69 Å². The van der Waals surface area contributed by atoms with Crippen LogP contribution in [-0.4, -0.2) is 31.6 Å². The molecule has 3 rings (SSSR count). The number of carbonyl (C=O) groups excluding carboxylic acids is 3. The lowest BCUT2D eigenvalue weighted by Crippen LogP contribution is -2.29. The highest BCUT2D eigenvalue weighted by molar-refractivity contribution is 5.95. The van der Waals surface area contributed by atoms with Crippen molar-refractivity contribution in [3.05, 3.63) is 59.2 Å². The largest absolute Gasteiger partial charge is 0.468 e. The number of fused-ring (bicyclic) bond motifs is 1. The Hall–Kier alpha value is -3.35. The molecule has 0 aromatic heterocycles. The highest BCUT2D eigenvalue weighted by Crippen LogP contribution is 2.34. The molecule has 0 amide bonds. The second-order valence-corrected chi connectivity index (χ2v) is 7.50. The molecule has 2 aromatic rings. The van der Waals surface area contributed by atoms with Gasteiger partial charge in [0.15, 0.2) is 5.92 Å². The summed E-state index contributed by atoms with van der Waals surface area (Å²) in [5.74, 6) is -2.58. The molecular formula is C24H27NO6. The van der Waals surface area contributed by atoms with Crippen molar-refractivity contribution < 1.29 is 28.6 Å². The van der Waals surface area contributed by atoms with Crippen LogP contribution in [0.2, 0.25) is 0 Å². The molecule has 2 aromatic carbocycles. The average molecular weight is 425 g/mol. The van der Waals surface area contributed by atoms with Gasteiger partial charge in [0, 0.05) is 5.69 Å². The number of esters is 3. The third-order valence-electron chi connectivity index (χ3n) is 5.41. The van der Waals surface area contributed by atoms with Gasteiger partial charge in [-0.05, 0) is 73.6 Å². The molecular weight excluding hydrogens is 398 g/mol. The Balaban J connectivity index is 1.68. The minimum absolute atomic E-state index is 0.134. The highest BCUT2D eigenvalue weighted by Gasteiger charge is 2.30. The normalized spacial score (nSPS) is 16.0. The molecule has 0 radical (unpaired) electrons. The van der Waals surface area contributed by atoms with Crippen LogP contribution < -0.4 is 10.5 Å². The number of hydrogen-bond acceptors (Lipinski definition) is 7. The second-order valence-electron chi connectivity index (χ2n) is 7.50. The molecule has 31 heavy (non-hydrogen) atoms. The second kappa shape index (κ2) is 10.1. The molecule has 0 heterocycles. The lowest BCUT2D eigenvalue weighted by atomic mass is 9.82. The predicted octanol–water partition coefficient (Wildman–Crippen LogP) is 3.19. The van der Waals surface area contributed by atoms with E-state index in [1.807, 2.05) is 18.2 Å². The minimum Gasteiger partial charge on any atom is -0.468 e. The lowest BCUT2D eigenvalue weighted by Gasteiger charge is -2.24. The van der Waals surface area contributed by atoms with Crippen LogP contribution in [0.5, 0.6) is 5.75 Å².